The molecule has 0 aliphatic rings. The van der Waals surface area contributed by atoms with Crippen LogP contribution >= 0.6 is 0 Å². The lowest BCUT2D eigenvalue weighted by molar-refractivity contribution is -0.133. The van der Waals surface area contributed by atoms with Gasteiger partial charge in [-0.1, -0.05) is 18.2 Å². The zero-order valence-electron chi connectivity index (χ0n) is 12.1. The minimum atomic E-state index is -0.542. The Kier molecular flexibility index (Phi) is 4.92. The van der Waals surface area contributed by atoms with E-state index in [1.165, 1.54) is 32.9 Å². The van der Waals surface area contributed by atoms with Crippen LogP contribution in [0.4, 0.5) is 5.82 Å². The Morgan fingerprint density at radius 2 is 2.00 bits per heavy atom. The van der Waals surface area contributed by atoms with Crippen LogP contribution in [0.25, 0.3) is 5.57 Å². The van der Waals surface area contributed by atoms with Gasteiger partial charge in [0.2, 0.25) is 5.88 Å². The molecule has 1 heterocycles. The molecule has 0 aliphatic heterocycles. The van der Waals surface area contributed by atoms with E-state index in [-0.39, 0.29) is 17.3 Å². The molecule has 0 amide bonds. The van der Waals surface area contributed by atoms with Crippen molar-refractivity contribution in [2.75, 3.05) is 20.0 Å². The van der Waals surface area contributed by atoms with Gasteiger partial charge in [0.1, 0.15) is 23.5 Å². The van der Waals surface area contributed by atoms with Gasteiger partial charge in [-0.25, -0.2) is 14.8 Å². The van der Waals surface area contributed by atoms with Crippen molar-refractivity contribution in [2.45, 2.75) is 0 Å². The standard InChI is InChI=1S/C15H15N3O4/c1-20-8-11(15(19)21-2)10-5-3-4-6-12(10)22-14-7-13(16)17-9-18-14/h3-9H,1-2H3,(H2,16,17,18)/b11-8+. The Morgan fingerprint density at radius 3 is 2.68 bits per heavy atom. The second-order valence-corrected chi connectivity index (χ2v) is 4.14. The second-order valence-electron chi connectivity index (χ2n) is 4.14. The predicted molar refractivity (Wildman–Crippen MR) is 80.0 cm³/mol. The van der Waals surface area contributed by atoms with Crippen molar-refractivity contribution in [3.63, 3.8) is 0 Å². The van der Waals surface area contributed by atoms with E-state index in [0.717, 1.165) is 0 Å². The van der Waals surface area contributed by atoms with Crippen LogP contribution in [0, 0.1) is 0 Å². The third-order valence-electron chi connectivity index (χ3n) is 2.70. The minimum Gasteiger partial charge on any atom is -0.503 e. The smallest absolute Gasteiger partial charge is 0.341 e. The molecule has 0 radical (unpaired) electrons. The number of rotatable bonds is 5. The number of hydrogen-bond donors (Lipinski definition) is 1. The number of benzene rings is 1. The van der Waals surface area contributed by atoms with Crippen LogP contribution in [0.1, 0.15) is 5.56 Å². The third kappa shape index (κ3) is 3.51. The van der Waals surface area contributed by atoms with Gasteiger partial charge < -0.3 is 19.9 Å². The summed E-state index contributed by atoms with van der Waals surface area (Å²) in [5.74, 6) is 0.416. The first-order valence-electron chi connectivity index (χ1n) is 6.31. The highest BCUT2D eigenvalue weighted by molar-refractivity contribution is 6.17. The van der Waals surface area contributed by atoms with Crippen LogP contribution in [0.15, 0.2) is 42.9 Å². The number of methoxy groups -OCH3 is 2. The number of carbonyl (C=O) groups excluding carboxylic acids is 1. The summed E-state index contributed by atoms with van der Waals surface area (Å²) in [7, 11) is 2.73. The van der Waals surface area contributed by atoms with E-state index in [1.807, 2.05) is 0 Å². The molecule has 0 unspecified atom stereocenters. The van der Waals surface area contributed by atoms with Crippen LogP contribution in [-0.4, -0.2) is 30.2 Å². The maximum absolute atomic E-state index is 11.9. The number of hydrogen-bond acceptors (Lipinski definition) is 7. The molecular weight excluding hydrogens is 286 g/mol. The van der Waals surface area contributed by atoms with Crippen LogP contribution in [-0.2, 0) is 14.3 Å². The number of ether oxygens (including phenoxy) is 3. The van der Waals surface area contributed by atoms with Crippen LogP contribution in [0.3, 0.4) is 0 Å². The third-order valence-corrected chi connectivity index (χ3v) is 2.70. The molecule has 1 aromatic heterocycles. The average molecular weight is 301 g/mol. The molecule has 0 saturated heterocycles. The first-order chi connectivity index (χ1) is 10.7. The van der Waals surface area contributed by atoms with Crippen molar-refractivity contribution < 1.29 is 19.0 Å². The number of para-hydroxylation sites is 1. The Balaban J connectivity index is 2.41. The summed E-state index contributed by atoms with van der Waals surface area (Å²) in [5, 5.41) is 0. The summed E-state index contributed by atoms with van der Waals surface area (Å²) in [4.78, 5) is 19.6. The maximum atomic E-state index is 11.9. The molecule has 2 rings (SSSR count). The molecule has 0 bridgehead atoms. The minimum absolute atomic E-state index is 0.225. The Morgan fingerprint density at radius 1 is 1.23 bits per heavy atom. The van der Waals surface area contributed by atoms with E-state index in [4.69, 9.17) is 19.9 Å². The van der Waals surface area contributed by atoms with Crippen LogP contribution in [0.5, 0.6) is 11.6 Å². The fourth-order valence-corrected chi connectivity index (χ4v) is 1.75. The van der Waals surface area contributed by atoms with Crippen molar-refractivity contribution >= 4 is 17.4 Å². The van der Waals surface area contributed by atoms with E-state index in [0.29, 0.717) is 11.3 Å². The number of carbonyl (C=O) groups is 1. The number of aromatic nitrogens is 2. The number of anilines is 1. The summed E-state index contributed by atoms with van der Waals surface area (Å²) >= 11 is 0. The van der Waals surface area contributed by atoms with Crippen LogP contribution in [0.2, 0.25) is 0 Å². The molecule has 0 saturated carbocycles. The second kappa shape index (κ2) is 7.07. The highest BCUT2D eigenvalue weighted by Crippen LogP contribution is 2.30. The van der Waals surface area contributed by atoms with Gasteiger partial charge in [-0.05, 0) is 6.07 Å². The van der Waals surface area contributed by atoms with E-state index in [2.05, 4.69) is 9.97 Å². The largest absolute Gasteiger partial charge is 0.503 e. The quantitative estimate of drug-likeness (QED) is 0.512. The van der Waals surface area contributed by atoms with Gasteiger partial charge in [-0.15, -0.1) is 0 Å². The predicted octanol–water partition coefficient (Wildman–Crippen LogP) is 2.01. The lowest BCUT2D eigenvalue weighted by atomic mass is 10.1. The van der Waals surface area contributed by atoms with Crippen molar-refractivity contribution in [3.05, 3.63) is 48.5 Å². The van der Waals surface area contributed by atoms with Gasteiger partial charge in [0, 0.05) is 11.6 Å². The lowest BCUT2D eigenvalue weighted by Crippen LogP contribution is -2.06. The van der Waals surface area contributed by atoms with E-state index < -0.39 is 5.97 Å². The Labute approximate surface area is 127 Å². The van der Waals surface area contributed by atoms with Gasteiger partial charge in [-0.2, -0.15) is 0 Å². The summed E-state index contributed by atoms with van der Waals surface area (Å²) in [6.07, 6.45) is 2.59. The fourth-order valence-electron chi connectivity index (χ4n) is 1.75. The van der Waals surface area contributed by atoms with Gasteiger partial charge in [-0.3, -0.25) is 0 Å². The van der Waals surface area contributed by atoms with Gasteiger partial charge in [0.15, 0.2) is 0 Å². The van der Waals surface area contributed by atoms with Crippen molar-refractivity contribution in [1.82, 2.24) is 9.97 Å². The highest BCUT2D eigenvalue weighted by atomic mass is 16.5. The lowest BCUT2D eigenvalue weighted by Gasteiger charge is -2.12. The first-order valence-corrected chi connectivity index (χ1v) is 6.31. The van der Waals surface area contributed by atoms with E-state index in [9.17, 15) is 4.79 Å². The average Bonchev–Trinajstić information content (AvgIpc) is 2.53. The molecule has 0 atom stereocenters. The summed E-state index contributed by atoms with van der Waals surface area (Å²) < 4.78 is 15.4. The van der Waals surface area contributed by atoms with E-state index in [1.54, 1.807) is 24.3 Å². The molecule has 0 aliphatic carbocycles. The molecule has 2 aromatic rings. The molecule has 1 aromatic carbocycles. The van der Waals surface area contributed by atoms with Gasteiger partial charge in [0.05, 0.1) is 20.5 Å². The number of esters is 1. The Hall–Kier alpha value is -3.09. The number of nitrogens with two attached hydrogens (primary N) is 1. The molecule has 114 valence electrons. The van der Waals surface area contributed by atoms with Crippen molar-refractivity contribution in [2.24, 2.45) is 0 Å². The summed E-state index contributed by atoms with van der Waals surface area (Å²) in [5.41, 5.74) is 6.32. The summed E-state index contributed by atoms with van der Waals surface area (Å²) in [6, 6.07) is 8.42. The van der Waals surface area contributed by atoms with Crippen molar-refractivity contribution in [1.29, 1.82) is 0 Å². The molecule has 0 fully saturated rings. The molecule has 7 heteroatoms. The number of nitrogen functional groups attached to an aromatic ring is 1. The fraction of sp³-hybridized carbons (Fsp3) is 0.133. The van der Waals surface area contributed by atoms with Gasteiger partial charge >= 0.3 is 5.97 Å². The zero-order chi connectivity index (χ0) is 15.9. The molecule has 22 heavy (non-hydrogen) atoms. The summed E-state index contributed by atoms with van der Waals surface area (Å²) in [6.45, 7) is 0. The molecule has 0 spiro atoms. The normalized spacial score (nSPS) is 10.9. The highest BCUT2D eigenvalue weighted by Gasteiger charge is 2.18. The monoisotopic (exact) mass is 301 g/mol. The zero-order valence-corrected chi connectivity index (χ0v) is 12.1. The van der Waals surface area contributed by atoms with Gasteiger partial charge in [0.25, 0.3) is 0 Å². The SMILES string of the molecule is CO/C=C(/C(=O)OC)c1ccccc1Oc1cc(N)ncn1. The molecule has 2 N–H and O–H groups in total. The van der Waals surface area contributed by atoms with Crippen molar-refractivity contribution in [3.8, 4) is 11.6 Å². The van der Waals surface area contributed by atoms with Crippen LogP contribution < -0.4 is 10.5 Å². The Bertz CT molecular complexity index is 701. The molecular formula is C15H15N3O4. The first kappa shape index (κ1) is 15.3. The maximum Gasteiger partial charge on any atom is 0.341 e. The molecule has 7 nitrogen and oxygen atoms in total. The topological polar surface area (TPSA) is 96.6 Å². The number of nitrogens with zero attached hydrogens (tertiary/aromatic N) is 2. The van der Waals surface area contributed by atoms with E-state index >= 15 is 0 Å².